The van der Waals surface area contributed by atoms with Crippen molar-refractivity contribution in [3.8, 4) is 11.5 Å². The van der Waals surface area contributed by atoms with Crippen LogP contribution in [0.2, 0.25) is 0 Å². The maximum absolute atomic E-state index is 5.82. The van der Waals surface area contributed by atoms with Gasteiger partial charge in [-0.1, -0.05) is 36.4 Å². The monoisotopic (exact) mass is 348 g/mol. The SMILES string of the molecule is C=CCc1ccccc1OCCOc1cccc(C=Nn2cnnc2)c1. The molecule has 0 saturated heterocycles. The van der Waals surface area contributed by atoms with E-state index in [1.54, 1.807) is 6.21 Å². The van der Waals surface area contributed by atoms with Gasteiger partial charge in [-0.05, 0) is 35.7 Å². The Morgan fingerprint density at radius 3 is 2.65 bits per heavy atom. The van der Waals surface area contributed by atoms with E-state index >= 15 is 0 Å². The van der Waals surface area contributed by atoms with E-state index in [1.165, 1.54) is 17.3 Å². The van der Waals surface area contributed by atoms with E-state index in [1.807, 2.05) is 54.6 Å². The van der Waals surface area contributed by atoms with Gasteiger partial charge in [-0.25, -0.2) is 4.68 Å². The largest absolute Gasteiger partial charge is 0.490 e. The molecule has 6 nitrogen and oxygen atoms in total. The summed E-state index contributed by atoms with van der Waals surface area (Å²) in [6.07, 6.45) is 7.42. The number of aromatic nitrogens is 3. The Morgan fingerprint density at radius 1 is 1.00 bits per heavy atom. The summed E-state index contributed by atoms with van der Waals surface area (Å²) in [7, 11) is 0. The number of hydrogen-bond donors (Lipinski definition) is 0. The minimum atomic E-state index is 0.453. The van der Waals surface area contributed by atoms with E-state index in [2.05, 4.69) is 21.9 Å². The molecule has 1 aromatic heterocycles. The van der Waals surface area contributed by atoms with E-state index in [9.17, 15) is 0 Å². The molecule has 3 aromatic rings. The predicted octanol–water partition coefficient (Wildman–Crippen LogP) is 3.35. The maximum Gasteiger partial charge on any atom is 0.141 e. The minimum absolute atomic E-state index is 0.453. The molecule has 0 N–H and O–H groups in total. The van der Waals surface area contributed by atoms with E-state index in [0.29, 0.717) is 13.2 Å². The van der Waals surface area contributed by atoms with Gasteiger partial charge in [0.2, 0.25) is 0 Å². The number of para-hydroxylation sites is 1. The summed E-state index contributed by atoms with van der Waals surface area (Å²) < 4.78 is 13.1. The highest BCUT2D eigenvalue weighted by molar-refractivity contribution is 5.80. The summed E-state index contributed by atoms with van der Waals surface area (Å²) in [5, 5.41) is 11.6. The molecule has 1 heterocycles. The van der Waals surface area contributed by atoms with Crippen LogP contribution in [0.25, 0.3) is 0 Å². The van der Waals surface area contributed by atoms with Crippen LogP contribution >= 0.6 is 0 Å². The average Bonchev–Trinajstić information content (AvgIpc) is 3.19. The smallest absolute Gasteiger partial charge is 0.141 e. The molecule has 0 radical (unpaired) electrons. The Kier molecular flexibility index (Phi) is 6.14. The average molecular weight is 348 g/mol. The lowest BCUT2D eigenvalue weighted by atomic mass is 10.1. The summed E-state index contributed by atoms with van der Waals surface area (Å²) in [4.78, 5) is 0. The van der Waals surface area contributed by atoms with Crippen molar-refractivity contribution in [3.63, 3.8) is 0 Å². The van der Waals surface area contributed by atoms with Gasteiger partial charge in [0.25, 0.3) is 0 Å². The molecule has 3 rings (SSSR count). The molecule has 6 heteroatoms. The van der Waals surface area contributed by atoms with Crippen LogP contribution in [0.4, 0.5) is 0 Å². The van der Waals surface area contributed by atoms with E-state index in [0.717, 1.165) is 29.0 Å². The first kappa shape index (κ1) is 17.4. The lowest BCUT2D eigenvalue weighted by molar-refractivity contribution is 0.216. The van der Waals surface area contributed by atoms with Crippen LogP contribution in [-0.2, 0) is 6.42 Å². The molecule has 0 spiro atoms. The molecule has 26 heavy (non-hydrogen) atoms. The minimum Gasteiger partial charge on any atom is -0.490 e. The van der Waals surface area contributed by atoms with Crippen molar-refractivity contribution in [2.24, 2.45) is 5.10 Å². The lowest BCUT2D eigenvalue weighted by Crippen LogP contribution is -2.10. The number of benzene rings is 2. The number of hydrogen-bond acceptors (Lipinski definition) is 5. The van der Waals surface area contributed by atoms with Gasteiger partial charge in [-0.2, -0.15) is 5.10 Å². The van der Waals surface area contributed by atoms with E-state index in [4.69, 9.17) is 9.47 Å². The molecule has 0 unspecified atom stereocenters. The molecule has 2 aromatic carbocycles. The van der Waals surface area contributed by atoms with Crippen molar-refractivity contribution >= 4 is 6.21 Å². The molecule has 0 atom stereocenters. The quantitative estimate of drug-likeness (QED) is 0.338. The van der Waals surface area contributed by atoms with Gasteiger partial charge < -0.3 is 9.47 Å². The molecule has 0 aliphatic rings. The van der Waals surface area contributed by atoms with Crippen molar-refractivity contribution in [1.82, 2.24) is 14.9 Å². The molecular weight excluding hydrogens is 328 g/mol. The number of allylic oxidation sites excluding steroid dienone is 1. The summed E-state index contributed by atoms with van der Waals surface area (Å²) in [6.45, 7) is 4.69. The third-order valence-corrected chi connectivity index (χ3v) is 3.55. The summed E-state index contributed by atoms with van der Waals surface area (Å²) >= 11 is 0. The number of ether oxygens (including phenoxy) is 2. The van der Waals surface area contributed by atoms with Crippen LogP contribution in [0.15, 0.2) is 78.9 Å². The Balaban J connectivity index is 1.51. The van der Waals surface area contributed by atoms with Gasteiger partial charge >= 0.3 is 0 Å². The van der Waals surface area contributed by atoms with Crippen LogP contribution in [0.1, 0.15) is 11.1 Å². The fourth-order valence-corrected chi connectivity index (χ4v) is 2.35. The Bertz CT molecular complexity index is 860. The first-order chi connectivity index (χ1) is 12.8. The molecule has 0 aliphatic carbocycles. The van der Waals surface area contributed by atoms with E-state index < -0.39 is 0 Å². The molecule has 0 amide bonds. The molecule has 0 fully saturated rings. The van der Waals surface area contributed by atoms with Crippen LogP contribution in [0, 0.1) is 0 Å². The first-order valence-electron chi connectivity index (χ1n) is 8.28. The van der Waals surface area contributed by atoms with Crippen LogP contribution < -0.4 is 9.47 Å². The lowest BCUT2D eigenvalue weighted by Gasteiger charge is -2.11. The third kappa shape index (κ3) is 5.04. The Labute approximate surface area is 152 Å². The van der Waals surface area contributed by atoms with Gasteiger partial charge in [-0.3, -0.25) is 0 Å². The van der Waals surface area contributed by atoms with Gasteiger partial charge in [0.15, 0.2) is 0 Å². The fraction of sp³-hybridized carbons (Fsp3) is 0.150. The second kappa shape index (κ2) is 9.17. The predicted molar refractivity (Wildman–Crippen MR) is 101 cm³/mol. The van der Waals surface area contributed by atoms with Crippen LogP contribution in [0.5, 0.6) is 11.5 Å². The molecule has 0 saturated carbocycles. The molecule has 0 bridgehead atoms. The molecule has 0 aliphatic heterocycles. The van der Waals surface area contributed by atoms with Crippen molar-refractivity contribution in [2.75, 3.05) is 13.2 Å². The van der Waals surface area contributed by atoms with Crippen LogP contribution in [0.3, 0.4) is 0 Å². The van der Waals surface area contributed by atoms with Crippen molar-refractivity contribution < 1.29 is 9.47 Å². The maximum atomic E-state index is 5.82. The normalized spacial score (nSPS) is 10.8. The summed E-state index contributed by atoms with van der Waals surface area (Å²) in [6, 6.07) is 15.6. The topological polar surface area (TPSA) is 61.5 Å². The highest BCUT2D eigenvalue weighted by Gasteiger charge is 2.01. The Hall–Kier alpha value is -3.41. The van der Waals surface area contributed by atoms with Gasteiger partial charge in [-0.15, -0.1) is 16.8 Å². The van der Waals surface area contributed by atoms with Crippen LogP contribution in [-0.4, -0.2) is 34.3 Å². The fourth-order valence-electron chi connectivity index (χ4n) is 2.35. The summed E-state index contributed by atoms with van der Waals surface area (Å²) in [5.74, 6) is 1.63. The first-order valence-corrected chi connectivity index (χ1v) is 8.28. The highest BCUT2D eigenvalue weighted by Crippen LogP contribution is 2.19. The Morgan fingerprint density at radius 2 is 1.81 bits per heavy atom. The number of nitrogens with zero attached hydrogens (tertiary/aromatic N) is 4. The van der Waals surface area contributed by atoms with Gasteiger partial charge in [0, 0.05) is 0 Å². The zero-order chi connectivity index (χ0) is 18.0. The van der Waals surface area contributed by atoms with Gasteiger partial charge in [0.1, 0.15) is 37.4 Å². The van der Waals surface area contributed by atoms with Crippen molar-refractivity contribution in [2.45, 2.75) is 6.42 Å². The van der Waals surface area contributed by atoms with Gasteiger partial charge in [0.05, 0.1) is 6.21 Å². The zero-order valence-corrected chi connectivity index (χ0v) is 14.4. The third-order valence-electron chi connectivity index (χ3n) is 3.55. The van der Waals surface area contributed by atoms with E-state index in [-0.39, 0.29) is 0 Å². The van der Waals surface area contributed by atoms with Crippen molar-refractivity contribution in [3.05, 3.63) is 85.0 Å². The van der Waals surface area contributed by atoms with Crippen molar-refractivity contribution in [1.29, 1.82) is 0 Å². The highest BCUT2D eigenvalue weighted by atomic mass is 16.5. The second-order valence-electron chi connectivity index (χ2n) is 5.46. The molecular formula is C20H20N4O2. The zero-order valence-electron chi connectivity index (χ0n) is 14.4. The summed E-state index contributed by atoms with van der Waals surface area (Å²) in [5.41, 5.74) is 2.04. The molecule has 132 valence electrons. The standard InChI is InChI=1S/C20H20N4O2/c1-2-6-18-8-3-4-10-20(18)26-12-11-25-19-9-5-7-17(13-19)14-23-24-15-21-22-16-24/h2-5,7-10,13-16H,1,6,11-12H2. The second-order valence-corrected chi connectivity index (χ2v) is 5.46. The number of rotatable bonds is 9.